The molecule has 5 amide bonds. The van der Waals surface area contributed by atoms with E-state index in [0.29, 0.717) is 152 Å². The lowest BCUT2D eigenvalue weighted by atomic mass is 9.91. The molecule has 0 fully saturated rings. The minimum absolute atomic E-state index is 0.0330. The zero-order chi connectivity index (χ0) is 83.3. The van der Waals surface area contributed by atoms with Crippen molar-refractivity contribution in [3.05, 3.63) is 30.1 Å². The summed E-state index contributed by atoms with van der Waals surface area (Å²) in [5.41, 5.74) is 6.62. The molecule has 0 aliphatic carbocycles. The number of nitrogens with two attached hydrogens (primary N) is 1. The van der Waals surface area contributed by atoms with Crippen molar-refractivity contribution < 1.29 is 56.5 Å². The third-order valence-corrected chi connectivity index (χ3v) is 22.9. The van der Waals surface area contributed by atoms with E-state index in [2.05, 4.69) is 100 Å². The number of amides is 5. The predicted molar refractivity (Wildman–Crippen MR) is 461 cm³/mol. The fourth-order valence-corrected chi connectivity index (χ4v) is 15.9. The van der Waals surface area contributed by atoms with Crippen molar-refractivity contribution in [2.75, 3.05) is 84.1 Å². The van der Waals surface area contributed by atoms with Gasteiger partial charge in [-0.05, 0) is 187 Å². The van der Waals surface area contributed by atoms with Crippen LogP contribution in [0.4, 0.5) is 20.2 Å². The summed E-state index contributed by atoms with van der Waals surface area (Å²) in [5.74, 6) is 5.89. The summed E-state index contributed by atoms with van der Waals surface area (Å²) in [6.07, 6.45) is 26.1. The summed E-state index contributed by atoms with van der Waals surface area (Å²) in [5, 5.41) is 13.3. The van der Waals surface area contributed by atoms with E-state index in [1.165, 1.54) is 103 Å². The maximum atomic E-state index is 15.0. The van der Waals surface area contributed by atoms with E-state index in [9.17, 15) is 28.5 Å². The van der Waals surface area contributed by atoms with Crippen molar-refractivity contribution in [2.24, 2.45) is 47.3 Å². The van der Waals surface area contributed by atoms with Crippen LogP contribution in [0.5, 0.6) is 0 Å². The number of hydrogen-bond acceptors (Lipinski definition) is 16. The van der Waals surface area contributed by atoms with Crippen LogP contribution >= 0.6 is 7.60 Å². The van der Waals surface area contributed by atoms with Gasteiger partial charge in [0.05, 0.1) is 36.5 Å². The second kappa shape index (κ2) is 54.6. The Labute approximate surface area is 679 Å². The van der Waals surface area contributed by atoms with Gasteiger partial charge in [-0.25, -0.2) is 24.4 Å². The molecule has 0 aliphatic rings. The zero-order valence-electron chi connectivity index (χ0n) is 74.4. The molecule has 0 spiro atoms. The van der Waals surface area contributed by atoms with Gasteiger partial charge in [0, 0.05) is 70.8 Å². The summed E-state index contributed by atoms with van der Waals surface area (Å²) < 4.78 is 52.7. The van der Waals surface area contributed by atoms with Crippen LogP contribution in [0.1, 0.15) is 324 Å². The van der Waals surface area contributed by atoms with E-state index in [-0.39, 0.29) is 44.0 Å². The first-order chi connectivity index (χ1) is 52.9. The van der Waals surface area contributed by atoms with Crippen molar-refractivity contribution in [3.63, 3.8) is 0 Å². The minimum Gasteiger partial charge on any atom is -0.444 e. The maximum absolute atomic E-state index is 15.0. The summed E-state index contributed by atoms with van der Waals surface area (Å²) in [7, 11) is -3.56. The monoisotopic (exact) mass is 1600 g/mol. The summed E-state index contributed by atoms with van der Waals surface area (Å²) in [6, 6.07) is 7.06. The van der Waals surface area contributed by atoms with Gasteiger partial charge in [-0.3, -0.25) is 14.2 Å². The first kappa shape index (κ1) is 101. The quantitative estimate of drug-likeness (QED) is 0.0200. The number of pyridine rings is 1. The van der Waals surface area contributed by atoms with Gasteiger partial charge in [0.1, 0.15) is 34.8 Å². The molecule has 23 heteroatoms. The number of ether oxygens (including phenoxy) is 4. The van der Waals surface area contributed by atoms with Gasteiger partial charge >= 0.3 is 25.9 Å². The number of nitrogens with zero attached hydrogens (tertiary/aromatic N) is 5. The molecule has 0 saturated heterocycles. The Kier molecular flexibility index (Phi) is 49.2. The Morgan fingerprint density at radius 2 is 0.929 bits per heavy atom. The Balaban J connectivity index is 1.76. The number of fused-ring (bicyclic) bond motifs is 3. The van der Waals surface area contributed by atoms with Crippen LogP contribution < -0.4 is 27.0 Å². The number of hydrogen-bond donors (Lipinski definition) is 5. The lowest BCUT2D eigenvalue weighted by molar-refractivity contribution is -0.124. The molecule has 6 unspecified atom stereocenters. The molecule has 6 N–H and O–H groups in total. The number of anilines is 1. The minimum atomic E-state index is -3.56. The van der Waals surface area contributed by atoms with Crippen LogP contribution in [0.2, 0.25) is 0 Å². The van der Waals surface area contributed by atoms with Crippen molar-refractivity contribution >= 4 is 65.4 Å². The van der Waals surface area contributed by atoms with Crippen LogP contribution in [0.15, 0.2) is 24.3 Å². The number of aromatic nitrogens is 3. The number of nitrogen functional groups attached to an aromatic ring is 1. The van der Waals surface area contributed by atoms with Crippen LogP contribution in [-0.2, 0) is 55.3 Å². The number of unbranched alkanes of at least 4 members (excludes halogenated alkanes) is 1. The second-order valence-corrected chi connectivity index (χ2v) is 39.0. The summed E-state index contributed by atoms with van der Waals surface area (Å²) >= 11 is 0. The van der Waals surface area contributed by atoms with Gasteiger partial charge in [0.15, 0.2) is 5.82 Å². The average molecular weight is 1600 g/mol. The Morgan fingerprint density at radius 3 is 1.38 bits per heavy atom. The number of alkyl carbamates (subject to hydrolysis) is 1. The van der Waals surface area contributed by atoms with Crippen LogP contribution in [0.25, 0.3) is 21.9 Å². The number of aryl methyl sites for hydroxylation is 1. The Bertz CT molecular complexity index is 3090. The lowest BCUT2D eigenvalue weighted by Gasteiger charge is -2.29. The number of carbonyl (C=O) groups is 5. The molecule has 1 aromatic carbocycles. The van der Waals surface area contributed by atoms with E-state index in [1.807, 2.05) is 72.7 Å². The van der Waals surface area contributed by atoms with E-state index >= 15 is 0 Å². The third-order valence-electron chi connectivity index (χ3n) is 20.9. The molecular weight excluding hydrogens is 1430 g/mol. The molecule has 0 bridgehead atoms. The highest BCUT2D eigenvalue weighted by molar-refractivity contribution is 7.53. The highest BCUT2D eigenvalue weighted by atomic mass is 31.2. The SMILES string of the molecule is CCOCc1nc2c(N)nc3ccccc3c2n1CCCNC(=O)[C@H](CCC(=O)NCCCN(CCCCN(CCCNC(=O)OC(C)(C)C)C(=O)OC(C)(C)C)C(=O)OC(C)(C)C)NCCCP(=O)(OCCC(C)CCCC(C)CCCC(C)CCCC(C)C)OCCC(C)CCCC(C)CCCC(C)CCCC(C)C. The largest absolute Gasteiger partial charge is 0.444 e. The van der Waals surface area contributed by atoms with E-state index in [0.717, 1.165) is 65.8 Å². The number of carbonyl (C=O) groups excluding carboxylic acids is 5. The first-order valence-corrected chi connectivity index (χ1v) is 45.8. The molecule has 7 atom stereocenters. The van der Waals surface area contributed by atoms with Crippen molar-refractivity contribution in [1.29, 1.82) is 0 Å². The van der Waals surface area contributed by atoms with Gasteiger partial charge in [-0.1, -0.05) is 203 Å². The predicted octanol–water partition coefficient (Wildman–Crippen LogP) is 21.2. The van der Waals surface area contributed by atoms with Crippen LogP contribution in [0, 0.1) is 47.3 Å². The number of para-hydroxylation sites is 1. The highest BCUT2D eigenvalue weighted by Crippen LogP contribution is 2.49. The highest BCUT2D eigenvalue weighted by Gasteiger charge is 2.29. The van der Waals surface area contributed by atoms with Gasteiger partial charge in [-0.2, -0.15) is 0 Å². The molecule has 0 saturated carbocycles. The van der Waals surface area contributed by atoms with Gasteiger partial charge in [-0.15, -0.1) is 0 Å². The molecule has 0 radical (unpaired) electrons. The van der Waals surface area contributed by atoms with Crippen molar-refractivity contribution in [1.82, 2.24) is 45.6 Å². The maximum Gasteiger partial charge on any atom is 0.410 e. The summed E-state index contributed by atoms with van der Waals surface area (Å²) in [4.78, 5) is 80.5. The van der Waals surface area contributed by atoms with E-state index < -0.39 is 48.7 Å². The molecule has 0 aliphatic heterocycles. The topological polar surface area (TPSA) is 269 Å². The fourth-order valence-electron chi connectivity index (χ4n) is 14.2. The smallest absolute Gasteiger partial charge is 0.410 e. The second-order valence-electron chi connectivity index (χ2n) is 36.8. The van der Waals surface area contributed by atoms with Gasteiger partial charge in [0.25, 0.3) is 0 Å². The Morgan fingerprint density at radius 1 is 0.500 bits per heavy atom. The number of nitrogens with one attached hydrogen (secondary N) is 4. The normalized spacial score (nSPS) is 14.7. The molecule has 646 valence electrons. The molecule has 22 nitrogen and oxygen atoms in total. The molecular formula is C89H163N10O12P. The molecule has 3 aromatic rings. The van der Waals surface area contributed by atoms with E-state index in [4.69, 9.17) is 38.7 Å². The number of benzene rings is 1. The molecule has 2 heterocycles. The first-order valence-electron chi connectivity index (χ1n) is 44.1. The molecule has 3 rings (SSSR count). The summed E-state index contributed by atoms with van der Waals surface area (Å²) in [6.45, 7) is 46.2. The van der Waals surface area contributed by atoms with Gasteiger partial charge < -0.3 is 69.4 Å². The van der Waals surface area contributed by atoms with Crippen molar-refractivity contribution in [2.45, 2.75) is 354 Å². The molecule has 112 heavy (non-hydrogen) atoms. The average Bonchev–Trinajstić information content (AvgIpc) is 1.59. The third kappa shape index (κ3) is 46.5. The number of imidazole rings is 1. The van der Waals surface area contributed by atoms with Crippen LogP contribution in [-0.4, -0.2) is 156 Å². The lowest BCUT2D eigenvalue weighted by Crippen LogP contribution is -2.45. The standard InChI is InChI=1S/C89H163N10O12P/c1-21-106-66-78-96-80-81(75-48-22-23-49-76(75)95-82(80)90)99(78)62-34-55-93-83(101)77(50-51-79(100)92-54-32-60-97(85(103)110-88(15,16)17)58-24-25-59-98(86(104)111-89(18,19)20)61-33-56-94-84(102)109-87(12,13)14)91-57-35-65-112(105,107-63-52-73(10)46-30-44-71(8)42-28-40-69(6)38-26-36-67(2)3)108-64-53-74(11)47-31-45-72(9)43-29-41-70(7)39-27-37-68(4)5/h22-23,48-49,67-74,77,91H,21,24-47,50-66H2,1-20H3,(H2,90,95)(H,92,100)(H,93,101)(H,94,102)/t69?,70?,71?,72?,73?,74?,77-,112?/m0/s1. The molecule has 2 aromatic heterocycles. The fraction of sp³-hybridized carbons (Fsp3) is 0.831. The van der Waals surface area contributed by atoms with Gasteiger partial charge in [0.2, 0.25) is 11.8 Å². The Hall–Kier alpha value is -5.28. The van der Waals surface area contributed by atoms with Crippen LogP contribution in [0.3, 0.4) is 0 Å². The zero-order valence-corrected chi connectivity index (χ0v) is 75.3. The van der Waals surface area contributed by atoms with Crippen molar-refractivity contribution in [3.8, 4) is 0 Å². The number of rotatable bonds is 61. The van der Waals surface area contributed by atoms with E-state index in [1.54, 1.807) is 30.6 Å².